The van der Waals surface area contributed by atoms with E-state index in [0.717, 1.165) is 11.8 Å². The van der Waals surface area contributed by atoms with Gasteiger partial charge in [-0.15, -0.1) is 0 Å². The summed E-state index contributed by atoms with van der Waals surface area (Å²) in [6.45, 7) is 12.3. The van der Waals surface area contributed by atoms with Crippen LogP contribution in [0.3, 0.4) is 0 Å². The van der Waals surface area contributed by atoms with Crippen molar-refractivity contribution in [3.8, 4) is 0 Å². The standard InChI is InChI=1S/C16H33N3/c1-4-19-11-5-15(6-12-19)13-17-14(2)16-7-9-18(3)10-8-16/h14-17H,4-13H2,1-3H3. The van der Waals surface area contributed by atoms with Crippen LogP contribution in [-0.2, 0) is 0 Å². The maximum Gasteiger partial charge on any atom is 0.00680 e. The molecule has 0 radical (unpaired) electrons. The number of hydrogen-bond donors (Lipinski definition) is 1. The summed E-state index contributed by atoms with van der Waals surface area (Å²) in [4.78, 5) is 5.04. The molecule has 1 atom stereocenters. The van der Waals surface area contributed by atoms with E-state index in [4.69, 9.17) is 0 Å². The second-order valence-electron chi connectivity index (χ2n) is 6.72. The molecule has 2 saturated heterocycles. The van der Waals surface area contributed by atoms with E-state index >= 15 is 0 Å². The molecule has 3 nitrogen and oxygen atoms in total. The fourth-order valence-corrected chi connectivity index (χ4v) is 3.55. The van der Waals surface area contributed by atoms with Crippen LogP contribution in [0.4, 0.5) is 0 Å². The average Bonchev–Trinajstić information content (AvgIpc) is 2.46. The highest BCUT2D eigenvalue weighted by atomic mass is 15.1. The van der Waals surface area contributed by atoms with Crippen LogP contribution < -0.4 is 5.32 Å². The Morgan fingerprint density at radius 1 is 1.05 bits per heavy atom. The van der Waals surface area contributed by atoms with Gasteiger partial charge in [-0.25, -0.2) is 0 Å². The van der Waals surface area contributed by atoms with E-state index in [9.17, 15) is 0 Å². The lowest BCUT2D eigenvalue weighted by Crippen LogP contribution is -2.44. The third-order valence-corrected chi connectivity index (χ3v) is 5.35. The van der Waals surface area contributed by atoms with Gasteiger partial charge in [0, 0.05) is 6.04 Å². The highest BCUT2D eigenvalue weighted by Gasteiger charge is 2.23. The van der Waals surface area contributed by atoms with Gasteiger partial charge in [0.1, 0.15) is 0 Å². The van der Waals surface area contributed by atoms with E-state index in [2.05, 4.69) is 36.0 Å². The third kappa shape index (κ3) is 4.73. The summed E-state index contributed by atoms with van der Waals surface area (Å²) in [7, 11) is 2.25. The van der Waals surface area contributed by atoms with Gasteiger partial charge in [0.05, 0.1) is 0 Å². The molecule has 0 aliphatic carbocycles. The Bertz CT molecular complexity index is 240. The fourth-order valence-electron chi connectivity index (χ4n) is 3.55. The van der Waals surface area contributed by atoms with Crippen LogP contribution in [0, 0.1) is 11.8 Å². The molecular formula is C16H33N3. The van der Waals surface area contributed by atoms with Gasteiger partial charge in [-0.05, 0) is 90.8 Å². The minimum absolute atomic E-state index is 0.706. The normalized spacial score (nSPS) is 26.7. The number of likely N-dealkylation sites (tertiary alicyclic amines) is 2. The lowest BCUT2D eigenvalue weighted by Gasteiger charge is -2.35. The van der Waals surface area contributed by atoms with Crippen molar-refractivity contribution in [3.05, 3.63) is 0 Å². The SMILES string of the molecule is CCN1CCC(CNC(C)C2CCN(C)CC2)CC1. The summed E-state index contributed by atoms with van der Waals surface area (Å²) in [5.41, 5.74) is 0. The van der Waals surface area contributed by atoms with Crippen molar-refractivity contribution in [1.82, 2.24) is 15.1 Å². The largest absolute Gasteiger partial charge is 0.314 e. The van der Waals surface area contributed by atoms with Crippen molar-refractivity contribution >= 4 is 0 Å². The highest BCUT2D eigenvalue weighted by molar-refractivity contribution is 4.80. The molecule has 1 N–H and O–H groups in total. The lowest BCUT2D eigenvalue weighted by atomic mass is 9.89. The molecule has 0 aromatic carbocycles. The van der Waals surface area contributed by atoms with Crippen LogP contribution in [-0.4, -0.2) is 62.2 Å². The maximum absolute atomic E-state index is 3.83. The van der Waals surface area contributed by atoms with Crippen molar-refractivity contribution in [2.75, 3.05) is 46.3 Å². The topological polar surface area (TPSA) is 18.5 Å². The van der Waals surface area contributed by atoms with Crippen molar-refractivity contribution in [1.29, 1.82) is 0 Å². The Kier molecular flexibility index (Phi) is 6.11. The molecule has 0 bridgehead atoms. The van der Waals surface area contributed by atoms with E-state index < -0.39 is 0 Å². The molecule has 2 fully saturated rings. The van der Waals surface area contributed by atoms with Crippen LogP contribution in [0.15, 0.2) is 0 Å². The molecule has 0 aromatic heterocycles. The van der Waals surface area contributed by atoms with Crippen LogP contribution in [0.2, 0.25) is 0 Å². The van der Waals surface area contributed by atoms with Crippen LogP contribution >= 0.6 is 0 Å². The zero-order valence-electron chi connectivity index (χ0n) is 13.2. The quantitative estimate of drug-likeness (QED) is 0.822. The molecule has 19 heavy (non-hydrogen) atoms. The predicted octanol–water partition coefficient (Wildman–Crippen LogP) is 2.04. The molecule has 0 amide bonds. The van der Waals surface area contributed by atoms with Gasteiger partial charge < -0.3 is 15.1 Å². The van der Waals surface area contributed by atoms with Gasteiger partial charge in [-0.3, -0.25) is 0 Å². The summed E-state index contributed by atoms with van der Waals surface area (Å²) >= 11 is 0. The van der Waals surface area contributed by atoms with Crippen LogP contribution in [0.25, 0.3) is 0 Å². The number of piperidine rings is 2. The fraction of sp³-hybridized carbons (Fsp3) is 1.00. The first-order valence-corrected chi connectivity index (χ1v) is 8.33. The first-order chi connectivity index (χ1) is 9.19. The smallest absolute Gasteiger partial charge is 0.00680 e. The average molecular weight is 267 g/mol. The molecule has 0 saturated carbocycles. The zero-order chi connectivity index (χ0) is 13.7. The molecule has 3 heteroatoms. The minimum atomic E-state index is 0.706. The molecule has 2 heterocycles. The Labute approximate surface area is 119 Å². The number of hydrogen-bond acceptors (Lipinski definition) is 3. The van der Waals surface area contributed by atoms with Crippen LogP contribution in [0.5, 0.6) is 0 Å². The first kappa shape index (κ1) is 15.3. The molecular weight excluding hydrogens is 234 g/mol. The Balaban J connectivity index is 1.62. The van der Waals surface area contributed by atoms with Crippen molar-refractivity contribution in [2.24, 2.45) is 11.8 Å². The molecule has 1 unspecified atom stereocenters. The second kappa shape index (κ2) is 7.61. The van der Waals surface area contributed by atoms with Gasteiger partial charge in [0.25, 0.3) is 0 Å². The second-order valence-corrected chi connectivity index (χ2v) is 6.72. The van der Waals surface area contributed by atoms with Gasteiger partial charge in [-0.1, -0.05) is 6.92 Å². The number of nitrogens with zero attached hydrogens (tertiary/aromatic N) is 2. The summed E-state index contributed by atoms with van der Waals surface area (Å²) in [5.74, 6) is 1.81. The monoisotopic (exact) mass is 267 g/mol. The lowest BCUT2D eigenvalue weighted by molar-refractivity contribution is 0.168. The molecule has 0 spiro atoms. The Morgan fingerprint density at radius 2 is 1.68 bits per heavy atom. The summed E-state index contributed by atoms with van der Waals surface area (Å²) < 4.78 is 0. The Morgan fingerprint density at radius 3 is 2.26 bits per heavy atom. The minimum Gasteiger partial charge on any atom is -0.314 e. The van der Waals surface area contributed by atoms with E-state index in [1.165, 1.54) is 65.0 Å². The van der Waals surface area contributed by atoms with E-state index in [0.29, 0.717) is 6.04 Å². The summed E-state index contributed by atoms with van der Waals surface area (Å²) in [5, 5.41) is 3.83. The van der Waals surface area contributed by atoms with Crippen molar-refractivity contribution in [3.63, 3.8) is 0 Å². The van der Waals surface area contributed by atoms with E-state index in [1.807, 2.05) is 0 Å². The van der Waals surface area contributed by atoms with Gasteiger partial charge in [0.15, 0.2) is 0 Å². The highest BCUT2D eigenvalue weighted by Crippen LogP contribution is 2.21. The molecule has 0 aromatic rings. The van der Waals surface area contributed by atoms with Crippen molar-refractivity contribution in [2.45, 2.75) is 45.6 Å². The summed E-state index contributed by atoms with van der Waals surface area (Å²) in [6, 6.07) is 0.706. The third-order valence-electron chi connectivity index (χ3n) is 5.35. The predicted molar refractivity (Wildman–Crippen MR) is 82.5 cm³/mol. The van der Waals surface area contributed by atoms with E-state index in [-0.39, 0.29) is 0 Å². The molecule has 2 rings (SSSR count). The zero-order valence-corrected chi connectivity index (χ0v) is 13.2. The molecule has 2 aliphatic heterocycles. The molecule has 112 valence electrons. The van der Waals surface area contributed by atoms with Crippen molar-refractivity contribution < 1.29 is 0 Å². The number of rotatable bonds is 5. The Hall–Kier alpha value is -0.120. The van der Waals surface area contributed by atoms with Crippen LogP contribution in [0.1, 0.15) is 39.5 Å². The van der Waals surface area contributed by atoms with Gasteiger partial charge in [0.2, 0.25) is 0 Å². The summed E-state index contributed by atoms with van der Waals surface area (Å²) in [6.07, 6.45) is 5.53. The van der Waals surface area contributed by atoms with Gasteiger partial charge in [-0.2, -0.15) is 0 Å². The van der Waals surface area contributed by atoms with Gasteiger partial charge >= 0.3 is 0 Å². The van der Waals surface area contributed by atoms with E-state index in [1.54, 1.807) is 0 Å². The first-order valence-electron chi connectivity index (χ1n) is 8.33. The number of nitrogens with one attached hydrogen (secondary N) is 1. The molecule has 2 aliphatic rings. The maximum atomic E-state index is 3.83.